The standard InChI is InChI=1S/C15H19NO5/c1-10-3-4-11(20-2)7-13(10)15(19)16-6-5-12(8-16)21-9-14(17)18/h3-4,7,12H,5-6,8-9H2,1-2H3,(H,17,18)/t12-/m0/s1. The third-order valence-corrected chi connectivity index (χ3v) is 3.55. The highest BCUT2D eigenvalue weighted by molar-refractivity contribution is 5.96. The number of nitrogens with zero attached hydrogens (tertiary/aromatic N) is 1. The number of methoxy groups -OCH3 is 1. The molecule has 0 saturated carbocycles. The van der Waals surface area contributed by atoms with E-state index in [-0.39, 0.29) is 18.6 Å². The molecule has 1 aliphatic heterocycles. The maximum absolute atomic E-state index is 12.5. The molecule has 6 heteroatoms. The first-order valence-corrected chi connectivity index (χ1v) is 6.78. The lowest BCUT2D eigenvalue weighted by atomic mass is 10.1. The molecule has 114 valence electrons. The predicted molar refractivity (Wildman–Crippen MR) is 75.6 cm³/mol. The van der Waals surface area contributed by atoms with Gasteiger partial charge in [-0.25, -0.2) is 4.79 Å². The molecule has 1 saturated heterocycles. The Balaban J connectivity index is 2.03. The molecule has 0 aliphatic carbocycles. The SMILES string of the molecule is COc1ccc(C)c(C(=O)N2CC[C@H](OCC(=O)O)C2)c1. The number of aryl methyl sites for hydroxylation is 1. The minimum Gasteiger partial charge on any atom is -0.497 e. The summed E-state index contributed by atoms with van der Waals surface area (Å²) in [5.74, 6) is -0.432. The van der Waals surface area contributed by atoms with Gasteiger partial charge in [0.05, 0.1) is 13.2 Å². The van der Waals surface area contributed by atoms with E-state index in [0.29, 0.717) is 30.8 Å². The smallest absolute Gasteiger partial charge is 0.329 e. The van der Waals surface area contributed by atoms with Crippen molar-refractivity contribution in [3.8, 4) is 5.75 Å². The molecule has 0 aromatic heterocycles. The Morgan fingerprint density at radius 3 is 2.86 bits per heavy atom. The summed E-state index contributed by atoms with van der Waals surface area (Å²) in [5, 5.41) is 8.60. The number of carbonyl (C=O) groups is 2. The van der Waals surface area contributed by atoms with Gasteiger partial charge >= 0.3 is 5.97 Å². The van der Waals surface area contributed by atoms with Crippen LogP contribution in [0.15, 0.2) is 18.2 Å². The lowest BCUT2D eigenvalue weighted by molar-refractivity contribution is -0.144. The minimum absolute atomic E-state index is 0.0761. The van der Waals surface area contributed by atoms with E-state index in [1.807, 2.05) is 19.1 Å². The van der Waals surface area contributed by atoms with E-state index in [2.05, 4.69) is 0 Å². The van der Waals surface area contributed by atoms with Gasteiger partial charge in [0.1, 0.15) is 12.4 Å². The highest BCUT2D eigenvalue weighted by atomic mass is 16.5. The Kier molecular flexibility index (Phi) is 4.80. The molecule has 21 heavy (non-hydrogen) atoms. The molecule has 0 bridgehead atoms. The number of carboxylic acid groups (broad SMARTS) is 1. The van der Waals surface area contributed by atoms with Gasteiger partial charge in [0, 0.05) is 18.7 Å². The van der Waals surface area contributed by atoms with Gasteiger partial charge in [0.15, 0.2) is 0 Å². The van der Waals surface area contributed by atoms with Crippen molar-refractivity contribution >= 4 is 11.9 Å². The summed E-state index contributed by atoms with van der Waals surface area (Å²) in [7, 11) is 1.56. The second-order valence-electron chi connectivity index (χ2n) is 5.05. The molecule has 0 unspecified atom stereocenters. The lowest BCUT2D eigenvalue weighted by Gasteiger charge is -2.18. The lowest BCUT2D eigenvalue weighted by Crippen LogP contribution is -2.31. The zero-order valence-electron chi connectivity index (χ0n) is 12.2. The van der Waals surface area contributed by atoms with Crippen molar-refractivity contribution in [1.29, 1.82) is 0 Å². The van der Waals surface area contributed by atoms with Gasteiger partial charge in [-0.15, -0.1) is 0 Å². The van der Waals surface area contributed by atoms with Gasteiger partial charge in [-0.2, -0.15) is 0 Å². The molecule has 1 aliphatic rings. The number of hydrogen-bond donors (Lipinski definition) is 1. The molecule has 0 spiro atoms. The van der Waals surface area contributed by atoms with Crippen LogP contribution in [-0.2, 0) is 9.53 Å². The second-order valence-corrected chi connectivity index (χ2v) is 5.05. The van der Waals surface area contributed by atoms with Crippen LogP contribution in [0.5, 0.6) is 5.75 Å². The number of benzene rings is 1. The number of likely N-dealkylation sites (tertiary alicyclic amines) is 1. The quantitative estimate of drug-likeness (QED) is 0.886. The van der Waals surface area contributed by atoms with E-state index in [9.17, 15) is 9.59 Å². The fourth-order valence-corrected chi connectivity index (χ4v) is 2.37. The average molecular weight is 293 g/mol. The topological polar surface area (TPSA) is 76.1 Å². The summed E-state index contributed by atoms with van der Waals surface area (Å²) in [4.78, 5) is 24.7. The fraction of sp³-hybridized carbons (Fsp3) is 0.467. The van der Waals surface area contributed by atoms with Crippen LogP contribution in [0.1, 0.15) is 22.3 Å². The summed E-state index contributed by atoms with van der Waals surface area (Å²) < 4.78 is 10.4. The number of carboxylic acids is 1. The van der Waals surface area contributed by atoms with Crippen LogP contribution >= 0.6 is 0 Å². The largest absolute Gasteiger partial charge is 0.497 e. The first-order valence-electron chi connectivity index (χ1n) is 6.78. The summed E-state index contributed by atoms with van der Waals surface area (Å²) in [5.41, 5.74) is 1.49. The average Bonchev–Trinajstić information content (AvgIpc) is 2.94. The normalized spacial score (nSPS) is 17.8. The van der Waals surface area contributed by atoms with Crippen molar-refractivity contribution in [1.82, 2.24) is 4.90 Å². The zero-order chi connectivity index (χ0) is 15.4. The van der Waals surface area contributed by atoms with E-state index < -0.39 is 5.97 Å². The summed E-state index contributed by atoms with van der Waals surface area (Å²) in [6.45, 7) is 2.54. The molecule has 1 amide bonds. The number of ether oxygens (including phenoxy) is 2. The molecule has 0 radical (unpaired) electrons. The van der Waals surface area contributed by atoms with Crippen molar-refractivity contribution in [2.75, 3.05) is 26.8 Å². The molecular weight excluding hydrogens is 274 g/mol. The number of amides is 1. The van der Waals surface area contributed by atoms with Crippen molar-refractivity contribution in [3.05, 3.63) is 29.3 Å². The Bertz CT molecular complexity index is 543. The molecule has 1 heterocycles. The van der Waals surface area contributed by atoms with E-state index in [1.165, 1.54) is 0 Å². The zero-order valence-corrected chi connectivity index (χ0v) is 12.2. The Labute approximate surface area is 123 Å². The maximum Gasteiger partial charge on any atom is 0.329 e. The monoisotopic (exact) mass is 293 g/mol. The Morgan fingerprint density at radius 2 is 2.19 bits per heavy atom. The molecule has 1 aromatic carbocycles. The summed E-state index contributed by atoms with van der Waals surface area (Å²) >= 11 is 0. The minimum atomic E-state index is -0.997. The summed E-state index contributed by atoms with van der Waals surface area (Å²) in [6.07, 6.45) is 0.443. The first kappa shape index (κ1) is 15.3. The van der Waals surface area contributed by atoms with Gasteiger partial charge in [0.25, 0.3) is 5.91 Å². The molecule has 1 fully saturated rings. The Hall–Kier alpha value is -2.08. The van der Waals surface area contributed by atoms with Crippen LogP contribution in [-0.4, -0.2) is 54.8 Å². The first-order chi connectivity index (χ1) is 10.0. The van der Waals surface area contributed by atoms with Crippen LogP contribution in [0.25, 0.3) is 0 Å². The third kappa shape index (κ3) is 3.72. The second kappa shape index (κ2) is 6.58. The maximum atomic E-state index is 12.5. The van der Waals surface area contributed by atoms with Gasteiger partial charge in [0.2, 0.25) is 0 Å². The molecule has 1 atom stereocenters. The van der Waals surface area contributed by atoms with Gasteiger partial charge in [-0.05, 0) is 31.0 Å². The van der Waals surface area contributed by atoms with Crippen LogP contribution in [0.3, 0.4) is 0 Å². The van der Waals surface area contributed by atoms with E-state index in [4.69, 9.17) is 14.6 Å². The third-order valence-electron chi connectivity index (χ3n) is 3.55. The van der Waals surface area contributed by atoms with Crippen LogP contribution < -0.4 is 4.74 Å². The van der Waals surface area contributed by atoms with Crippen molar-refractivity contribution in [2.24, 2.45) is 0 Å². The number of rotatable bonds is 5. The molecule has 2 rings (SSSR count). The van der Waals surface area contributed by atoms with Gasteiger partial charge in [-0.3, -0.25) is 4.79 Å². The van der Waals surface area contributed by atoms with E-state index >= 15 is 0 Å². The van der Waals surface area contributed by atoms with Crippen LogP contribution in [0, 0.1) is 6.92 Å². The molecule has 6 nitrogen and oxygen atoms in total. The number of hydrogen-bond acceptors (Lipinski definition) is 4. The van der Waals surface area contributed by atoms with E-state index in [0.717, 1.165) is 5.56 Å². The number of carbonyl (C=O) groups excluding carboxylic acids is 1. The predicted octanol–water partition coefficient (Wildman–Crippen LogP) is 1.32. The highest BCUT2D eigenvalue weighted by Crippen LogP contribution is 2.21. The van der Waals surface area contributed by atoms with Gasteiger partial charge < -0.3 is 19.5 Å². The van der Waals surface area contributed by atoms with Gasteiger partial charge in [-0.1, -0.05) is 6.07 Å². The van der Waals surface area contributed by atoms with Crippen LogP contribution in [0.4, 0.5) is 0 Å². The Morgan fingerprint density at radius 1 is 1.43 bits per heavy atom. The fourth-order valence-electron chi connectivity index (χ4n) is 2.37. The summed E-state index contributed by atoms with van der Waals surface area (Å²) in [6, 6.07) is 5.39. The van der Waals surface area contributed by atoms with Crippen LogP contribution in [0.2, 0.25) is 0 Å². The highest BCUT2D eigenvalue weighted by Gasteiger charge is 2.28. The molecular formula is C15H19NO5. The molecule has 1 aromatic rings. The van der Waals surface area contributed by atoms with E-state index in [1.54, 1.807) is 18.1 Å². The van der Waals surface area contributed by atoms with Crippen molar-refractivity contribution in [3.63, 3.8) is 0 Å². The number of aliphatic carboxylic acids is 1. The molecule has 1 N–H and O–H groups in total. The van der Waals surface area contributed by atoms with Crippen molar-refractivity contribution < 1.29 is 24.2 Å². The van der Waals surface area contributed by atoms with Crippen molar-refractivity contribution in [2.45, 2.75) is 19.4 Å².